The minimum absolute atomic E-state index is 0.217. The molecule has 0 spiro atoms. The number of amides is 2. The normalized spacial score (nSPS) is 20.2. The largest absolute Gasteiger partial charge is 0.444 e. The Kier molecular flexibility index (Phi) is 6.30. The number of anilines is 1. The lowest BCUT2D eigenvalue weighted by molar-refractivity contribution is 0.0282. The number of rotatable bonds is 5. The third kappa shape index (κ3) is 5.36. The first-order chi connectivity index (χ1) is 15.3. The van der Waals surface area contributed by atoms with Crippen LogP contribution in [0.5, 0.6) is 0 Å². The van der Waals surface area contributed by atoms with Gasteiger partial charge in [0.05, 0.1) is 12.4 Å². The van der Waals surface area contributed by atoms with Crippen molar-refractivity contribution < 1.29 is 14.3 Å². The van der Waals surface area contributed by atoms with Crippen LogP contribution in [0.15, 0.2) is 42.7 Å². The number of carbonyl (C=O) groups is 2. The Morgan fingerprint density at radius 1 is 1.06 bits per heavy atom. The van der Waals surface area contributed by atoms with Gasteiger partial charge in [0.2, 0.25) is 0 Å². The van der Waals surface area contributed by atoms with Gasteiger partial charge in [0, 0.05) is 44.6 Å². The zero-order chi connectivity index (χ0) is 22.7. The number of benzene rings is 1. The van der Waals surface area contributed by atoms with E-state index < -0.39 is 5.60 Å². The molecular weight excluding hydrogens is 406 g/mol. The zero-order valence-electron chi connectivity index (χ0n) is 19.0. The number of hydrogen-bond acceptors (Lipinski definition) is 6. The number of fused-ring (bicyclic) bond motifs is 1. The van der Waals surface area contributed by atoms with Crippen molar-refractivity contribution in [1.82, 2.24) is 20.2 Å². The third-order valence-electron chi connectivity index (χ3n) is 5.86. The quantitative estimate of drug-likeness (QED) is 0.774. The van der Waals surface area contributed by atoms with Gasteiger partial charge in [-0.25, -0.2) is 9.78 Å². The van der Waals surface area contributed by atoms with Crippen molar-refractivity contribution in [2.24, 2.45) is 11.8 Å². The molecule has 2 aromatic rings. The second kappa shape index (κ2) is 9.14. The van der Waals surface area contributed by atoms with E-state index in [-0.39, 0.29) is 12.0 Å². The van der Waals surface area contributed by atoms with Crippen molar-refractivity contribution in [3.05, 3.63) is 54.0 Å². The number of nitrogens with zero attached hydrogens (tertiary/aromatic N) is 4. The molecule has 2 atom stereocenters. The van der Waals surface area contributed by atoms with Gasteiger partial charge < -0.3 is 19.9 Å². The standard InChI is InChI=1S/C24H31N5O3/c1-24(2,3)32-23(31)29-15-18-13-28(14-19(18)16-29)21-12-25-11-20(27-21)22(30)26-10-9-17-7-5-4-6-8-17/h4-8,11-12,18-19H,9-10,13-16H2,1-3H3,(H,26,30). The molecule has 4 rings (SSSR count). The third-order valence-corrected chi connectivity index (χ3v) is 5.86. The van der Waals surface area contributed by atoms with Gasteiger partial charge in [-0.15, -0.1) is 0 Å². The van der Waals surface area contributed by atoms with Gasteiger partial charge in [-0.1, -0.05) is 30.3 Å². The predicted molar refractivity (Wildman–Crippen MR) is 122 cm³/mol. The molecule has 170 valence electrons. The van der Waals surface area contributed by atoms with E-state index in [0.717, 1.165) is 19.5 Å². The van der Waals surface area contributed by atoms with Crippen LogP contribution in [-0.4, -0.2) is 65.2 Å². The van der Waals surface area contributed by atoms with Crippen LogP contribution >= 0.6 is 0 Å². The van der Waals surface area contributed by atoms with Crippen molar-refractivity contribution in [1.29, 1.82) is 0 Å². The molecule has 1 N–H and O–H groups in total. The van der Waals surface area contributed by atoms with E-state index >= 15 is 0 Å². The maximum Gasteiger partial charge on any atom is 0.410 e. The van der Waals surface area contributed by atoms with Gasteiger partial charge in [0.1, 0.15) is 17.1 Å². The fourth-order valence-corrected chi connectivity index (χ4v) is 4.33. The SMILES string of the molecule is CC(C)(C)OC(=O)N1CC2CN(c3cncc(C(=O)NCCc4ccccc4)n3)CC2C1. The van der Waals surface area contributed by atoms with Crippen molar-refractivity contribution in [2.75, 3.05) is 37.6 Å². The summed E-state index contributed by atoms with van der Waals surface area (Å²) in [5.41, 5.74) is 1.01. The van der Waals surface area contributed by atoms with Crippen molar-refractivity contribution in [2.45, 2.75) is 32.8 Å². The zero-order valence-corrected chi connectivity index (χ0v) is 19.0. The topological polar surface area (TPSA) is 87.7 Å². The summed E-state index contributed by atoms with van der Waals surface area (Å²) in [6, 6.07) is 10.0. The van der Waals surface area contributed by atoms with E-state index in [1.54, 1.807) is 11.1 Å². The molecule has 1 aromatic carbocycles. The van der Waals surface area contributed by atoms with E-state index in [4.69, 9.17) is 4.74 Å². The molecular formula is C24H31N5O3. The van der Waals surface area contributed by atoms with Crippen LogP contribution < -0.4 is 10.2 Å². The van der Waals surface area contributed by atoms with Crippen LogP contribution in [0, 0.1) is 11.8 Å². The molecule has 2 aliphatic rings. The minimum Gasteiger partial charge on any atom is -0.444 e. The molecule has 1 aromatic heterocycles. The minimum atomic E-state index is -0.488. The fourth-order valence-electron chi connectivity index (χ4n) is 4.33. The number of ether oxygens (including phenoxy) is 1. The van der Waals surface area contributed by atoms with Crippen LogP contribution in [0.1, 0.15) is 36.8 Å². The molecule has 3 heterocycles. The van der Waals surface area contributed by atoms with E-state index in [1.807, 2.05) is 51.1 Å². The summed E-state index contributed by atoms with van der Waals surface area (Å²) in [6.45, 7) is 9.14. The van der Waals surface area contributed by atoms with Crippen molar-refractivity contribution >= 4 is 17.8 Å². The molecule has 2 fully saturated rings. The van der Waals surface area contributed by atoms with Gasteiger partial charge in [0.25, 0.3) is 5.91 Å². The number of hydrogen-bond donors (Lipinski definition) is 1. The van der Waals surface area contributed by atoms with Crippen LogP contribution in [0.2, 0.25) is 0 Å². The summed E-state index contributed by atoms with van der Waals surface area (Å²) in [6.07, 6.45) is 3.73. The Hall–Kier alpha value is -3.16. The van der Waals surface area contributed by atoms with E-state index in [0.29, 0.717) is 43.0 Å². The Bertz CT molecular complexity index is 946. The molecule has 0 saturated carbocycles. The van der Waals surface area contributed by atoms with E-state index in [9.17, 15) is 9.59 Å². The molecule has 8 heteroatoms. The number of carbonyl (C=O) groups excluding carboxylic acids is 2. The van der Waals surface area contributed by atoms with Gasteiger partial charge in [-0.05, 0) is 32.8 Å². The van der Waals surface area contributed by atoms with Crippen LogP contribution in [0.3, 0.4) is 0 Å². The highest BCUT2D eigenvalue weighted by atomic mass is 16.6. The van der Waals surface area contributed by atoms with E-state index in [1.165, 1.54) is 11.8 Å². The molecule has 2 unspecified atom stereocenters. The van der Waals surface area contributed by atoms with Crippen molar-refractivity contribution in [3.63, 3.8) is 0 Å². The molecule has 32 heavy (non-hydrogen) atoms. The van der Waals surface area contributed by atoms with Gasteiger partial charge in [-0.3, -0.25) is 9.78 Å². The Balaban J connectivity index is 1.30. The van der Waals surface area contributed by atoms with Gasteiger partial charge in [-0.2, -0.15) is 0 Å². The summed E-state index contributed by atoms with van der Waals surface area (Å²) in [4.78, 5) is 37.7. The first-order valence-electron chi connectivity index (χ1n) is 11.2. The molecule has 0 aliphatic carbocycles. The molecule has 0 radical (unpaired) electrons. The Labute approximate surface area is 189 Å². The van der Waals surface area contributed by atoms with Crippen LogP contribution in [0.25, 0.3) is 0 Å². The molecule has 0 bridgehead atoms. The highest BCUT2D eigenvalue weighted by Crippen LogP contribution is 2.33. The molecule has 8 nitrogen and oxygen atoms in total. The molecule has 2 aliphatic heterocycles. The lowest BCUT2D eigenvalue weighted by Crippen LogP contribution is -2.37. The summed E-state index contributed by atoms with van der Waals surface area (Å²) >= 11 is 0. The highest BCUT2D eigenvalue weighted by Gasteiger charge is 2.43. The summed E-state index contributed by atoms with van der Waals surface area (Å²) in [5, 5.41) is 2.92. The highest BCUT2D eigenvalue weighted by molar-refractivity contribution is 5.92. The lowest BCUT2D eigenvalue weighted by atomic mass is 10.0. The lowest BCUT2D eigenvalue weighted by Gasteiger charge is -2.26. The van der Waals surface area contributed by atoms with Crippen LogP contribution in [-0.2, 0) is 11.2 Å². The summed E-state index contributed by atoms with van der Waals surface area (Å²) in [7, 11) is 0. The number of nitrogens with one attached hydrogen (secondary N) is 1. The second-order valence-electron chi connectivity index (χ2n) is 9.56. The molecule has 2 amide bonds. The average molecular weight is 438 g/mol. The first-order valence-corrected chi connectivity index (χ1v) is 11.2. The average Bonchev–Trinajstić information content (AvgIpc) is 3.33. The smallest absolute Gasteiger partial charge is 0.410 e. The maximum atomic E-state index is 12.5. The predicted octanol–water partition coefficient (Wildman–Crippen LogP) is 2.75. The Morgan fingerprint density at radius 3 is 2.41 bits per heavy atom. The maximum absolute atomic E-state index is 12.5. The number of aromatic nitrogens is 2. The Morgan fingerprint density at radius 2 is 1.75 bits per heavy atom. The van der Waals surface area contributed by atoms with Gasteiger partial charge >= 0.3 is 6.09 Å². The summed E-state index contributed by atoms with van der Waals surface area (Å²) in [5.74, 6) is 1.23. The monoisotopic (exact) mass is 437 g/mol. The fraction of sp³-hybridized carbons (Fsp3) is 0.500. The van der Waals surface area contributed by atoms with Crippen LogP contribution in [0.4, 0.5) is 10.6 Å². The van der Waals surface area contributed by atoms with Gasteiger partial charge in [0.15, 0.2) is 0 Å². The molecule has 2 saturated heterocycles. The summed E-state index contributed by atoms with van der Waals surface area (Å²) < 4.78 is 5.51. The van der Waals surface area contributed by atoms with E-state index in [2.05, 4.69) is 20.2 Å². The van der Waals surface area contributed by atoms with Crippen molar-refractivity contribution in [3.8, 4) is 0 Å². The second-order valence-corrected chi connectivity index (χ2v) is 9.56. The number of likely N-dealkylation sites (tertiary alicyclic amines) is 1. The first kappa shape index (κ1) is 22.0.